The van der Waals surface area contributed by atoms with E-state index in [1.807, 2.05) is 25.1 Å². The summed E-state index contributed by atoms with van der Waals surface area (Å²) in [5.74, 6) is 0.689. The van der Waals surface area contributed by atoms with Crippen LogP contribution in [0.3, 0.4) is 0 Å². The summed E-state index contributed by atoms with van der Waals surface area (Å²) in [4.78, 5) is 12.8. The van der Waals surface area contributed by atoms with Crippen LogP contribution in [0, 0.1) is 10.5 Å². The molecular weight excluding hydrogens is 397 g/mol. The fraction of sp³-hybridized carbons (Fsp3) is 0.350. The summed E-state index contributed by atoms with van der Waals surface area (Å²) >= 11 is 2.25. The molecule has 1 N–H and O–H groups in total. The van der Waals surface area contributed by atoms with Crippen LogP contribution in [0.25, 0.3) is 0 Å². The number of halogens is 1. The number of carbonyl (C=O) groups excluding carboxylic acids is 1. The third-order valence-corrected chi connectivity index (χ3v) is 5.48. The van der Waals surface area contributed by atoms with Gasteiger partial charge < -0.3 is 5.32 Å². The normalized spacial score (nSPS) is 11.1. The number of amides is 1. The minimum absolute atomic E-state index is 0.0342. The van der Waals surface area contributed by atoms with E-state index >= 15 is 0 Å². The summed E-state index contributed by atoms with van der Waals surface area (Å²) in [5, 5.41) is 3.18. The van der Waals surface area contributed by atoms with Crippen molar-refractivity contribution >= 4 is 34.2 Å². The van der Waals surface area contributed by atoms with Crippen molar-refractivity contribution in [2.24, 2.45) is 0 Å². The van der Waals surface area contributed by atoms with Crippen LogP contribution < -0.4 is 5.32 Å². The Morgan fingerprint density at radius 2 is 1.48 bits per heavy atom. The van der Waals surface area contributed by atoms with Gasteiger partial charge in [-0.05, 0) is 64.1 Å². The molecule has 0 aliphatic carbocycles. The first-order valence-electron chi connectivity index (χ1n) is 8.02. The first-order valence-corrected chi connectivity index (χ1v) is 9.10. The second-order valence-electron chi connectivity index (χ2n) is 6.51. The molecule has 0 aliphatic rings. The van der Waals surface area contributed by atoms with Gasteiger partial charge in [0, 0.05) is 9.26 Å². The van der Waals surface area contributed by atoms with Gasteiger partial charge in [-0.1, -0.05) is 58.0 Å². The van der Waals surface area contributed by atoms with Crippen LogP contribution in [0.15, 0.2) is 36.4 Å². The molecule has 0 atom stereocenters. The van der Waals surface area contributed by atoms with Crippen LogP contribution >= 0.6 is 22.6 Å². The van der Waals surface area contributed by atoms with Crippen molar-refractivity contribution in [2.45, 2.75) is 46.5 Å². The van der Waals surface area contributed by atoms with E-state index in [0.717, 1.165) is 20.4 Å². The summed E-state index contributed by atoms with van der Waals surface area (Å²) < 4.78 is 1.01. The lowest BCUT2D eigenvalue weighted by molar-refractivity contribution is 0.102. The van der Waals surface area contributed by atoms with Crippen molar-refractivity contribution < 1.29 is 4.79 Å². The highest BCUT2D eigenvalue weighted by Crippen LogP contribution is 2.33. The molecule has 1 amide bonds. The number of aryl methyl sites for hydroxylation is 1. The Morgan fingerprint density at radius 1 is 0.957 bits per heavy atom. The maximum atomic E-state index is 12.8. The van der Waals surface area contributed by atoms with Gasteiger partial charge in [-0.25, -0.2) is 0 Å². The fourth-order valence-corrected chi connectivity index (χ4v) is 3.30. The molecule has 0 fully saturated rings. The molecular formula is C20H24INO. The van der Waals surface area contributed by atoms with E-state index in [1.54, 1.807) is 0 Å². The number of anilines is 1. The molecule has 0 aromatic heterocycles. The van der Waals surface area contributed by atoms with Crippen LogP contribution in [0.4, 0.5) is 5.69 Å². The molecule has 3 heteroatoms. The quantitative estimate of drug-likeness (QED) is 0.594. The smallest absolute Gasteiger partial charge is 0.256 e. The average Bonchev–Trinajstić information content (AvgIpc) is 2.49. The first kappa shape index (κ1) is 18.0. The maximum Gasteiger partial charge on any atom is 0.256 e. The minimum Gasteiger partial charge on any atom is -0.321 e. The molecule has 2 aromatic rings. The van der Waals surface area contributed by atoms with Crippen molar-refractivity contribution in [1.82, 2.24) is 0 Å². The Balaban J connectivity index is 2.46. The van der Waals surface area contributed by atoms with Gasteiger partial charge in [0.15, 0.2) is 0 Å². The molecule has 2 rings (SSSR count). The van der Waals surface area contributed by atoms with Crippen LogP contribution in [0.1, 0.15) is 66.6 Å². The molecule has 0 saturated heterocycles. The van der Waals surface area contributed by atoms with Crippen molar-refractivity contribution in [3.63, 3.8) is 0 Å². The van der Waals surface area contributed by atoms with Crippen molar-refractivity contribution in [3.05, 3.63) is 62.2 Å². The highest BCUT2D eigenvalue weighted by Gasteiger charge is 2.18. The van der Waals surface area contributed by atoms with Gasteiger partial charge >= 0.3 is 0 Å². The van der Waals surface area contributed by atoms with Crippen molar-refractivity contribution in [3.8, 4) is 0 Å². The first-order chi connectivity index (χ1) is 10.8. The average molecular weight is 421 g/mol. The van der Waals surface area contributed by atoms with E-state index in [2.05, 4.69) is 73.8 Å². The summed E-state index contributed by atoms with van der Waals surface area (Å²) in [5.41, 5.74) is 5.21. The lowest BCUT2D eigenvalue weighted by Crippen LogP contribution is -2.17. The van der Waals surface area contributed by atoms with E-state index < -0.39 is 0 Å². The molecule has 0 spiro atoms. The van der Waals surface area contributed by atoms with E-state index in [1.165, 1.54) is 11.1 Å². The van der Waals surface area contributed by atoms with Gasteiger partial charge in [0.1, 0.15) is 0 Å². The van der Waals surface area contributed by atoms with E-state index in [9.17, 15) is 4.79 Å². The van der Waals surface area contributed by atoms with Gasteiger partial charge in [-0.15, -0.1) is 0 Å². The van der Waals surface area contributed by atoms with Crippen LogP contribution in [-0.2, 0) is 0 Å². The molecule has 0 saturated carbocycles. The zero-order valence-corrected chi connectivity index (χ0v) is 16.6. The standard InChI is InChI=1S/C20H24INO/c1-12(2)15-9-7-10-16(13(3)4)19(15)22-20(23)17-11-6-8-14(5)18(17)21/h6-13H,1-5H3,(H,22,23). The molecule has 2 nitrogen and oxygen atoms in total. The van der Waals surface area contributed by atoms with Crippen LogP contribution in [-0.4, -0.2) is 5.91 Å². The lowest BCUT2D eigenvalue weighted by atomic mass is 9.92. The summed E-state index contributed by atoms with van der Waals surface area (Å²) in [6.45, 7) is 10.7. The van der Waals surface area contributed by atoms with E-state index in [4.69, 9.17) is 0 Å². The predicted octanol–water partition coefficient (Wildman–Crippen LogP) is 6.10. The zero-order valence-electron chi connectivity index (χ0n) is 14.4. The Hall–Kier alpha value is -1.36. The molecule has 122 valence electrons. The Morgan fingerprint density at radius 3 is 2.00 bits per heavy atom. The largest absolute Gasteiger partial charge is 0.321 e. The van der Waals surface area contributed by atoms with E-state index in [-0.39, 0.29) is 5.91 Å². The van der Waals surface area contributed by atoms with Gasteiger partial charge in [0.25, 0.3) is 5.91 Å². The minimum atomic E-state index is -0.0342. The summed E-state index contributed by atoms with van der Waals surface area (Å²) in [6.07, 6.45) is 0. The predicted molar refractivity (Wildman–Crippen MR) is 106 cm³/mol. The number of carbonyl (C=O) groups is 1. The number of hydrogen-bond acceptors (Lipinski definition) is 1. The monoisotopic (exact) mass is 421 g/mol. The summed E-state index contributed by atoms with van der Waals surface area (Å²) in [6, 6.07) is 12.1. The van der Waals surface area contributed by atoms with Gasteiger partial charge in [0.2, 0.25) is 0 Å². The summed E-state index contributed by atoms with van der Waals surface area (Å²) in [7, 11) is 0. The Bertz CT molecular complexity index is 693. The number of hydrogen-bond donors (Lipinski definition) is 1. The highest BCUT2D eigenvalue weighted by atomic mass is 127. The zero-order chi connectivity index (χ0) is 17.1. The molecule has 0 radical (unpaired) electrons. The molecule has 0 aliphatic heterocycles. The number of benzene rings is 2. The van der Waals surface area contributed by atoms with Crippen LogP contribution in [0.5, 0.6) is 0 Å². The second kappa shape index (κ2) is 7.47. The van der Waals surface area contributed by atoms with Gasteiger partial charge in [0.05, 0.1) is 5.56 Å². The SMILES string of the molecule is Cc1cccc(C(=O)Nc2c(C(C)C)cccc2C(C)C)c1I. The Labute approximate surface area is 152 Å². The topological polar surface area (TPSA) is 29.1 Å². The number of para-hydroxylation sites is 1. The maximum absolute atomic E-state index is 12.8. The molecule has 0 bridgehead atoms. The lowest BCUT2D eigenvalue weighted by Gasteiger charge is -2.20. The second-order valence-corrected chi connectivity index (χ2v) is 7.59. The third-order valence-electron chi connectivity index (χ3n) is 4.05. The van der Waals surface area contributed by atoms with Crippen LogP contribution in [0.2, 0.25) is 0 Å². The molecule has 23 heavy (non-hydrogen) atoms. The molecule has 0 heterocycles. The van der Waals surface area contributed by atoms with Crippen molar-refractivity contribution in [1.29, 1.82) is 0 Å². The highest BCUT2D eigenvalue weighted by molar-refractivity contribution is 14.1. The number of nitrogens with one attached hydrogen (secondary N) is 1. The fourth-order valence-electron chi connectivity index (χ4n) is 2.70. The van der Waals surface area contributed by atoms with Gasteiger partial charge in [-0.3, -0.25) is 4.79 Å². The number of rotatable bonds is 4. The molecule has 0 unspecified atom stereocenters. The molecule has 2 aromatic carbocycles. The van der Waals surface area contributed by atoms with E-state index in [0.29, 0.717) is 11.8 Å². The van der Waals surface area contributed by atoms with Gasteiger partial charge in [-0.2, -0.15) is 0 Å². The third kappa shape index (κ3) is 3.94. The van der Waals surface area contributed by atoms with Crippen molar-refractivity contribution in [2.75, 3.05) is 5.32 Å². The Kier molecular flexibility index (Phi) is 5.84.